The van der Waals surface area contributed by atoms with Crippen molar-refractivity contribution in [3.05, 3.63) is 74.5 Å². The lowest BCUT2D eigenvalue weighted by Crippen LogP contribution is -2.05. The zero-order valence-corrected chi connectivity index (χ0v) is 14.9. The second-order valence-electron chi connectivity index (χ2n) is 5.76. The molecule has 0 radical (unpaired) electrons. The predicted octanol–water partition coefficient (Wildman–Crippen LogP) is 4.28. The summed E-state index contributed by atoms with van der Waals surface area (Å²) in [5.74, 6) is -0.128. The fourth-order valence-corrected chi connectivity index (χ4v) is 3.17. The lowest BCUT2D eigenvalue weighted by Gasteiger charge is -2.04. The Balaban J connectivity index is 1.84. The summed E-state index contributed by atoms with van der Waals surface area (Å²) in [6, 6.07) is 15.0. The minimum Gasteiger partial charge on any atom is -0.493 e. The van der Waals surface area contributed by atoms with Crippen LogP contribution in [0.5, 0.6) is 5.88 Å². The minimum atomic E-state index is -0.356. The maximum atomic E-state index is 12.4. The van der Waals surface area contributed by atoms with Crippen LogP contribution in [0, 0.1) is 0 Å². The number of hydrogen-bond acceptors (Lipinski definition) is 3. The first kappa shape index (κ1) is 15.7. The summed E-state index contributed by atoms with van der Waals surface area (Å²) >= 11 is 3.37. The van der Waals surface area contributed by atoms with E-state index in [1.807, 2.05) is 43.3 Å². The summed E-state index contributed by atoms with van der Waals surface area (Å²) in [5, 5.41) is 13.2. The second-order valence-corrected chi connectivity index (χ2v) is 6.68. The van der Waals surface area contributed by atoms with E-state index in [-0.39, 0.29) is 17.0 Å². The molecule has 0 saturated carbocycles. The molecule has 1 aromatic heterocycles. The quantitative estimate of drug-likeness (QED) is 0.679. The van der Waals surface area contributed by atoms with Crippen molar-refractivity contribution in [3.63, 3.8) is 0 Å². The van der Waals surface area contributed by atoms with Crippen LogP contribution in [0.4, 0.5) is 5.69 Å². The SMILES string of the molecule is CC1=Nc2ccccc2C1=Cc1c(O)n(-c2ccc(Br)cc2)[nH]c1=O. The molecule has 3 aromatic rings. The summed E-state index contributed by atoms with van der Waals surface area (Å²) in [7, 11) is 0. The number of para-hydroxylation sites is 1. The Bertz CT molecular complexity index is 1090. The summed E-state index contributed by atoms with van der Waals surface area (Å²) in [6.07, 6.45) is 1.69. The minimum absolute atomic E-state index is 0.128. The summed E-state index contributed by atoms with van der Waals surface area (Å²) in [5.41, 5.74) is 4.00. The van der Waals surface area contributed by atoms with Gasteiger partial charge in [-0.25, -0.2) is 4.68 Å². The topological polar surface area (TPSA) is 70.4 Å². The third kappa shape index (κ3) is 2.64. The number of fused-ring (bicyclic) bond motifs is 1. The fourth-order valence-electron chi connectivity index (χ4n) is 2.91. The van der Waals surface area contributed by atoms with Gasteiger partial charge in [-0.3, -0.25) is 14.9 Å². The maximum Gasteiger partial charge on any atom is 0.275 e. The van der Waals surface area contributed by atoms with Gasteiger partial charge in [0.25, 0.3) is 5.56 Å². The molecule has 25 heavy (non-hydrogen) atoms. The van der Waals surface area contributed by atoms with Crippen molar-refractivity contribution in [3.8, 4) is 11.6 Å². The molecule has 0 aliphatic carbocycles. The van der Waals surface area contributed by atoms with Crippen LogP contribution in [0.2, 0.25) is 0 Å². The van der Waals surface area contributed by atoms with E-state index in [2.05, 4.69) is 26.0 Å². The van der Waals surface area contributed by atoms with E-state index in [1.54, 1.807) is 18.2 Å². The number of aromatic amines is 1. The number of rotatable bonds is 2. The molecule has 0 amide bonds. The molecule has 6 heteroatoms. The van der Waals surface area contributed by atoms with Crippen molar-refractivity contribution >= 4 is 39.0 Å². The first-order chi connectivity index (χ1) is 12.0. The zero-order chi connectivity index (χ0) is 17.6. The normalized spacial score (nSPS) is 14.6. The van der Waals surface area contributed by atoms with Crippen LogP contribution in [-0.2, 0) is 0 Å². The van der Waals surface area contributed by atoms with E-state index in [1.165, 1.54) is 4.68 Å². The Morgan fingerprint density at radius 3 is 2.64 bits per heavy atom. The van der Waals surface area contributed by atoms with Crippen LogP contribution in [-0.4, -0.2) is 20.6 Å². The Morgan fingerprint density at radius 1 is 1.16 bits per heavy atom. The lowest BCUT2D eigenvalue weighted by molar-refractivity contribution is 0.432. The molecule has 0 saturated heterocycles. The molecule has 2 heterocycles. The van der Waals surface area contributed by atoms with Gasteiger partial charge in [0, 0.05) is 21.3 Å². The fraction of sp³-hybridized carbons (Fsp3) is 0.0526. The summed E-state index contributed by atoms with van der Waals surface area (Å²) in [4.78, 5) is 16.9. The molecule has 0 fully saturated rings. The molecule has 2 aromatic carbocycles. The number of halogens is 1. The predicted molar refractivity (Wildman–Crippen MR) is 103 cm³/mol. The van der Waals surface area contributed by atoms with Gasteiger partial charge in [-0.15, -0.1) is 0 Å². The zero-order valence-electron chi connectivity index (χ0n) is 13.3. The summed E-state index contributed by atoms with van der Waals surface area (Å²) < 4.78 is 2.29. The van der Waals surface area contributed by atoms with Gasteiger partial charge in [-0.2, -0.15) is 0 Å². The van der Waals surface area contributed by atoms with E-state index in [0.29, 0.717) is 5.69 Å². The smallest absolute Gasteiger partial charge is 0.275 e. The number of benzene rings is 2. The van der Waals surface area contributed by atoms with Gasteiger partial charge >= 0.3 is 0 Å². The van der Waals surface area contributed by atoms with E-state index < -0.39 is 0 Å². The number of nitrogens with zero attached hydrogens (tertiary/aromatic N) is 2. The Kier molecular flexibility index (Phi) is 3.69. The van der Waals surface area contributed by atoms with Gasteiger partial charge in [0.1, 0.15) is 5.56 Å². The molecule has 0 atom stereocenters. The largest absolute Gasteiger partial charge is 0.493 e. The Labute approximate surface area is 152 Å². The van der Waals surface area contributed by atoms with E-state index in [0.717, 1.165) is 27.0 Å². The number of aromatic hydroxyl groups is 1. The molecule has 0 bridgehead atoms. The van der Waals surface area contributed by atoms with Crippen LogP contribution in [0.1, 0.15) is 18.1 Å². The monoisotopic (exact) mass is 395 g/mol. The molecule has 0 unspecified atom stereocenters. The second kappa shape index (κ2) is 5.89. The van der Waals surface area contributed by atoms with Gasteiger partial charge in [0.15, 0.2) is 0 Å². The number of hydrogen-bond donors (Lipinski definition) is 2. The highest BCUT2D eigenvalue weighted by Crippen LogP contribution is 2.36. The van der Waals surface area contributed by atoms with Crippen LogP contribution in [0.3, 0.4) is 0 Å². The molecule has 0 spiro atoms. The first-order valence-electron chi connectivity index (χ1n) is 7.71. The molecule has 2 N–H and O–H groups in total. The van der Waals surface area contributed by atoms with Crippen LogP contribution < -0.4 is 5.56 Å². The molecular weight excluding hydrogens is 382 g/mol. The number of aliphatic imine (C=N–C) groups is 1. The molecule has 4 rings (SSSR count). The van der Waals surface area contributed by atoms with Crippen molar-refractivity contribution in [1.82, 2.24) is 9.78 Å². The molecular formula is C19H14BrN3O2. The highest BCUT2D eigenvalue weighted by Gasteiger charge is 2.20. The third-order valence-electron chi connectivity index (χ3n) is 4.16. The van der Waals surface area contributed by atoms with Gasteiger partial charge in [-0.1, -0.05) is 34.1 Å². The highest BCUT2D eigenvalue weighted by molar-refractivity contribution is 9.10. The first-order valence-corrected chi connectivity index (χ1v) is 8.50. The average Bonchev–Trinajstić information content (AvgIpc) is 3.07. The van der Waals surface area contributed by atoms with E-state index in [9.17, 15) is 9.90 Å². The van der Waals surface area contributed by atoms with E-state index in [4.69, 9.17) is 0 Å². The van der Waals surface area contributed by atoms with Crippen LogP contribution >= 0.6 is 15.9 Å². The average molecular weight is 396 g/mol. The maximum absolute atomic E-state index is 12.4. The van der Waals surface area contributed by atoms with Crippen molar-refractivity contribution in [2.45, 2.75) is 6.92 Å². The number of allylic oxidation sites excluding steroid dienone is 1. The highest BCUT2D eigenvalue weighted by atomic mass is 79.9. The van der Waals surface area contributed by atoms with Crippen molar-refractivity contribution < 1.29 is 5.11 Å². The van der Waals surface area contributed by atoms with Gasteiger partial charge in [0.05, 0.1) is 11.4 Å². The van der Waals surface area contributed by atoms with Gasteiger partial charge < -0.3 is 5.11 Å². The lowest BCUT2D eigenvalue weighted by atomic mass is 10.0. The van der Waals surface area contributed by atoms with Gasteiger partial charge in [-0.05, 0) is 43.3 Å². The van der Waals surface area contributed by atoms with Crippen LogP contribution in [0.25, 0.3) is 17.3 Å². The Hall–Kier alpha value is -2.86. The summed E-state index contributed by atoms with van der Waals surface area (Å²) in [6.45, 7) is 1.89. The molecule has 124 valence electrons. The standard InChI is InChI=1S/C19H14BrN3O2/c1-11-15(14-4-2-3-5-17(14)21-11)10-16-18(24)22-23(19(16)25)13-8-6-12(20)7-9-13/h2-10,25H,1H3,(H,22,24). The van der Waals surface area contributed by atoms with Crippen molar-refractivity contribution in [2.75, 3.05) is 0 Å². The number of nitrogens with one attached hydrogen (secondary N) is 1. The third-order valence-corrected chi connectivity index (χ3v) is 4.69. The van der Waals surface area contributed by atoms with Gasteiger partial charge in [0.2, 0.25) is 5.88 Å². The van der Waals surface area contributed by atoms with E-state index >= 15 is 0 Å². The molecule has 5 nitrogen and oxygen atoms in total. The van der Waals surface area contributed by atoms with Crippen molar-refractivity contribution in [2.24, 2.45) is 4.99 Å². The molecule has 1 aliphatic heterocycles. The van der Waals surface area contributed by atoms with Crippen LogP contribution in [0.15, 0.2) is 62.8 Å². The molecule has 1 aliphatic rings. The number of aromatic nitrogens is 2. The number of H-pyrrole nitrogens is 1. The Morgan fingerprint density at radius 2 is 1.88 bits per heavy atom. The van der Waals surface area contributed by atoms with Crippen molar-refractivity contribution in [1.29, 1.82) is 0 Å².